The van der Waals surface area contributed by atoms with Crippen molar-refractivity contribution in [3.05, 3.63) is 35.9 Å². The molecule has 0 aromatic heterocycles. The predicted molar refractivity (Wildman–Crippen MR) is 75.9 cm³/mol. The third-order valence-electron chi connectivity index (χ3n) is 4.74. The summed E-state index contributed by atoms with van der Waals surface area (Å²) in [5, 5.41) is 0. The molecular formula is C16H24N2. The van der Waals surface area contributed by atoms with Gasteiger partial charge in [-0.05, 0) is 43.8 Å². The predicted octanol–water partition coefficient (Wildman–Crippen LogP) is 2.36. The van der Waals surface area contributed by atoms with Gasteiger partial charge in [-0.15, -0.1) is 0 Å². The Morgan fingerprint density at radius 1 is 1.00 bits per heavy atom. The number of likely N-dealkylation sites (N-methyl/N-ethyl adjacent to an activating group) is 1. The lowest BCUT2D eigenvalue weighted by atomic mass is 9.92. The third-order valence-corrected chi connectivity index (χ3v) is 4.74. The van der Waals surface area contributed by atoms with Crippen molar-refractivity contribution in [1.82, 2.24) is 9.80 Å². The molecule has 1 aliphatic carbocycles. The minimum Gasteiger partial charge on any atom is -0.304 e. The van der Waals surface area contributed by atoms with Gasteiger partial charge in [0.2, 0.25) is 0 Å². The van der Waals surface area contributed by atoms with Crippen LogP contribution in [-0.4, -0.2) is 49.6 Å². The Morgan fingerprint density at radius 2 is 1.67 bits per heavy atom. The Balaban J connectivity index is 1.54. The molecule has 1 saturated heterocycles. The van der Waals surface area contributed by atoms with Gasteiger partial charge in [-0.1, -0.05) is 30.3 Å². The van der Waals surface area contributed by atoms with E-state index in [-0.39, 0.29) is 0 Å². The summed E-state index contributed by atoms with van der Waals surface area (Å²) in [6, 6.07) is 11.1. The van der Waals surface area contributed by atoms with E-state index in [4.69, 9.17) is 0 Å². The largest absolute Gasteiger partial charge is 0.304 e. The Kier molecular flexibility index (Phi) is 3.40. The first kappa shape index (κ1) is 12.2. The van der Waals surface area contributed by atoms with Crippen LogP contribution in [0.5, 0.6) is 0 Å². The highest BCUT2D eigenvalue weighted by Crippen LogP contribution is 2.50. The average Bonchev–Trinajstić information content (AvgIpc) is 3.20. The third kappa shape index (κ3) is 2.60. The van der Waals surface area contributed by atoms with E-state index in [2.05, 4.69) is 47.2 Å². The van der Waals surface area contributed by atoms with Crippen LogP contribution in [0, 0.1) is 0 Å². The molecule has 0 bridgehead atoms. The topological polar surface area (TPSA) is 6.48 Å². The summed E-state index contributed by atoms with van der Waals surface area (Å²) in [5.41, 5.74) is 2.10. The molecule has 2 nitrogen and oxygen atoms in total. The highest BCUT2D eigenvalue weighted by Gasteiger charge is 2.43. The maximum atomic E-state index is 2.64. The average molecular weight is 244 g/mol. The first-order chi connectivity index (χ1) is 8.78. The Bertz CT molecular complexity index is 375. The van der Waals surface area contributed by atoms with Crippen molar-refractivity contribution in [2.75, 3.05) is 39.8 Å². The van der Waals surface area contributed by atoms with Gasteiger partial charge >= 0.3 is 0 Å². The zero-order chi connectivity index (χ0) is 12.4. The van der Waals surface area contributed by atoms with Crippen LogP contribution >= 0.6 is 0 Å². The lowest BCUT2D eigenvalue weighted by molar-refractivity contribution is 0.149. The lowest BCUT2D eigenvalue weighted by Gasteiger charge is -2.33. The molecule has 0 radical (unpaired) electrons. The van der Waals surface area contributed by atoms with Gasteiger partial charge in [0.1, 0.15) is 0 Å². The second-order valence-electron chi connectivity index (χ2n) is 6.04. The van der Waals surface area contributed by atoms with Gasteiger partial charge in [0.15, 0.2) is 0 Å². The maximum Gasteiger partial charge on any atom is 0.0110 e. The fourth-order valence-corrected chi connectivity index (χ4v) is 3.07. The van der Waals surface area contributed by atoms with Crippen molar-refractivity contribution in [3.63, 3.8) is 0 Å². The van der Waals surface area contributed by atoms with E-state index >= 15 is 0 Å². The van der Waals surface area contributed by atoms with E-state index in [1.165, 1.54) is 52.0 Å². The highest BCUT2D eigenvalue weighted by molar-refractivity contribution is 5.30. The zero-order valence-corrected chi connectivity index (χ0v) is 11.4. The van der Waals surface area contributed by atoms with Gasteiger partial charge in [0, 0.05) is 26.2 Å². The molecule has 3 rings (SSSR count). The molecule has 2 aliphatic rings. The fraction of sp³-hybridized carbons (Fsp3) is 0.625. The van der Waals surface area contributed by atoms with Crippen molar-refractivity contribution in [3.8, 4) is 0 Å². The molecule has 0 N–H and O–H groups in total. The van der Waals surface area contributed by atoms with Crippen LogP contribution in [0.1, 0.15) is 24.8 Å². The number of hydrogen-bond donors (Lipinski definition) is 0. The van der Waals surface area contributed by atoms with Crippen LogP contribution in [0.3, 0.4) is 0 Å². The second kappa shape index (κ2) is 5.02. The van der Waals surface area contributed by atoms with Gasteiger partial charge in [0.25, 0.3) is 0 Å². The van der Waals surface area contributed by atoms with Gasteiger partial charge in [-0.3, -0.25) is 0 Å². The van der Waals surface area contributed by atoms with Crippen LogP contribution in [0.15, 0.2) is 30.3 Å². The van der Waals surface area contributed by atoms with E-state index < -0.39 is 0 Å². The summed E-state index contributed by atoms with van der Waals surface area (Å²) >= 11 is 0. The molecule has 0 unspecified atom stereocenters. The molecule has 0 amide bonds. The number of hydrogen-bond acceptors (Lipinski definition) is 2. The van der Waals surface area contributed by atoms with Gasteiger partial charge in [0.05, 0.1) is 0 Å². The summed E-state index contributed by atoms with van der Waals surface area (Å²) in [7, 11) is 2.23. The number of piperazine rings is 1. The molecule has 1 aromatic carbocycles. The van der Waals surface area contributed by atoms with E-state index in [0.717, 1.165) is 0 Å². The van der Waals surface area contributed by atoms with Crippen LogP contribution < -0.4 is 0 Å². The molecule has 0 atom stereocenters. The van der Waals surface area contributed by atoms with Gasteiger partial charge < -0.3 is 9.80 Å². The SMILES string of the molecule is CN1CCN(CCC2(c3ccccc3)CC2)CC1. The quantitative estimate of drug-likeness (QED) is 0.802. The first-order valence-corrected chi connectivity index (χ1v) is 7.25. The molecule has 2 fully saturated rings. The summed E-state index contributed by atoms with van der Waals surface area (Å²) in [5.74, 6) is 0. The first-order valence-electron chi connectivity index (χ1n) is 7.25. The normalized spacial score (nSPS) is 24.1. The van der Waals surface area contributed by atoms with Crippen LogP contribution in [0.4, 0.5) is 0 Å². The van der Waals surface area contributed by atoms with Crippen molar-refractivity contribution >= 4 is 0 Å². The molecule has 2 heteroatoms. The summed E-state index contributed by atoms with van der Waals surface area (Å²) in [4.78, 5) is 5.07. The van der Waals surface area contributed by atoms with E-state index in [1.807, 2.05) is 0 Å². The van der Waals surface area contributed by atoms with Crippen molar-refractivity contribution in [2.24, 2.45) is 0 Å². The molecule has 18 heavy (non-hydrogen) atoms. The fourth-order valence-electron chi connectivity index (χ4n) is 3.07. The van der Waals surface area contributed by atoms with Gasteiger partial charge in [-0.25, -0.2) is 0 Å². The van der Waals surface area contributed by atoms with Gasteiger partial charge in [-0.2, -0.15) is 0 Å². The molecule has 1 aromatic rings. The summed E-state index contributed by atoms with van der Waals surface area (Å²) < 4.78 is 0. The van der Waals surface area contributed by atoms with E-state index in [0.29, 0.717) is 5.41 Å². The monoisotopic (exact) mass is 244 g/mol. The van der Waals surface area contributed by atoms with Crippen molar-refractivity contribution in [1.29, 1.82) is 0 Å². The second-order valence-corrected chi connectivity index (χ2v) is 6.04. The summed E-state index contributed by atoms with van der Waals surface area (Å²) in [6.07, 6.45) is 4.14. The summed E-state index contributed by atoms with van der Waals surface area (Å²) in [6.45, 7) is 6.25. The van der Waals surface area contributed by atoms with Crippen LogP contribution in [-0.2, 0) is 5.41 Å². The van der Waals surface area contributed by atoms with E-state index in [9.17, 15) is 0 Å². The number of rotatable bonds is 4. The Morgan fingerprint density at radius 3 is 2.28 bits per heavy atom. The zero-order valence-electron chi connectivity index (χ0n) is 11.4. The molecule has 1 aliphatic heterocycles. The van der Waals surface area contributed by atoms with Crippen LogP contribution in [0.2, 0.25) is 0 Å². The molecular weight excluding hydrogens is 220 g/mol. The number of benzene rings is 1. The Hall–Kier alpha value is -0.860. The minimum absolute atomic E-state index is 0.532. The van der Waals surface area contributed by atoms with Crippen molar-refractivity contribution < 1.29 is 0 Å². The molecule has 1 saturated carbocycles. The lowest BCUT2D eigenvalue weighted by Crippen LogP contribution is -2.45. The molecule has 1 heterocycles. The maximum absolute atomic E-state index is 2.64. The number of nitrogens with zero attached hydrogens (tertiary/aromatic N) is 2. The minimum atomic E-state index is 0.532. The molecule has 0 spiro atoms. The smallest absolute Gasteiger partial charge is 0.0110 e. The van der Waals surface area contributed by atoms with E-state index in [1.54, 1.807) is 5.56 Å². The van der Waals surface area contributed by atoms with Crippen molar-refractivity contribution in [2.45, 2.75) is 24.7 Å². The standard InChI is InChI=1S/C16H24N2/c1-17-11-13-18(14-12-17)10-9-16(7-8-16)15-5-3-2-4-6-15/h2-6H,7-14H2,1H3. The molecule has 98 valence electrons. The Labute approximate surface area is 111 Å². The highest BCUT2D eigenvalue weighted by atomic mass is 15.2. The van der Waals surface area contributed by atoms with Crippen LogP contribution in [0.25, 0.3) is 0 Å².